The Morgan fingerprint density at radius 1 is 1.53 bits per heavy atom. The quantitative estimate of drug-likeness (QED) is 0.886. The van der Waals surface area contributed by atoms with Gasteiger partial charge < -0.3 is 5.32 Å². The first kappa shape index (κ1) is 13.1. The first-order valence-electron chi connectivity index (χ1n) is 6.65. The Balaban J connectivity index is 1.88. The summed E-state index contributed by atoms with van der Waals surface area (Å²) >= 11 is 1.94. The van der Waals surface area contributed by atoms with Crippen LogP contribution in [-0.2, 0) is 6.42 Å². The standard InChI is InChI=1S/C14H24N2S/c1-11(9-14-7-6-12(2)17-14)16-8-4-5-13(10-16)15-3/h6-7,11,13,15H,4-5,8-10H2,1-3H3. The third kappa shape index (κ3) is 3.54. The Labute approximate surface area is 109 Å². The van der Waals surface area contributed by atoms with E-state index in [-0.39, 0.29) is 0 Å². The molecule has 1 saturated heterocycles. The molecule has 0 aromatic carbocycles. The van der Waals surface area contributed by atoms with Gasteiger partial charge in [-0.1, -0.05) is 0 Å². The smallest absolute Gasteiger partial charge is 0.0192 e. The predicted octanol–water partition coefficient (Wildman–Crippen LogP) is 2.67. The largest absolute Gasteiger partial charge is 0.316 e. The van der Waals surface area contributed by atoms with Crippen LogP contribution in [-0.4, -0.2) is 37.1 Å². The second-order valence-corrected chi connectivity index (χ2v) is 6.56. The van der Waals surface area contributed by atoms with E-state index in [2.05, 4.69) is 43.2 Å². The number of nitrogens with one attached hydrogen (secondary N) is 1. The molecule has 1 N–H and O–H groups in total. The van der Waals surface area contributed by atoms with Crippen LogP contribution in [0.3, 0.4) is 0 Å². The molecule has 0 bridgehead atoms. The van der Waals surface area contributed by atoms with Gasteiger partial charge in [0.2, 0.25) is 0 Å². The molecule has 3 heteroatoms. The molecule has 1 aliphatic heterocycles. The fourth-order valence-corrected chi connectivity index (χ4v) is 3.67. The molecule has 0 aliphatic carbocycles. The topological polar surface area (TPSA) is 15.3 Å². The minimum absolute atomic E-state index is 0.671. The molecule has 96 valence electrons. The van der Waals surface area contributed by atoms with Gasteiger partial charge in [-0.3, -0.25) is 4.90 Å². The fraction of sp³-hybridized carbons (Fsp3) is 0.714. The van der Waals surface area contributed by atoms with Crippen LogP contribution in [0.1, 0.15) is 29.5 Å². The summed E-state index contributed by atoms with van der Waals surface area (Å²) < 4.78 is 0. The van der Waals surface area contributed by atoms with Crippen LogP contribution in [0, 0.1) is 6.92 Å². The Hall–Kier alpha value is -0.380. The molecule has 1 aromatic rings. The van der Waals surface area contributed by atoms with Crippen molar-refractivity contribution in [3.63, 3.8) is 0 Å². The van der Waals surface area contributed by atoms with Gasteiger partial charge in [0.05, 0.1) is 0 Å². The van der Waals surface area contributed by atoms with Crippen molar-refractivity contribution in [2.24, 2.45) is 0 Å². The number of piperidine rings is 1. The van der Waals surface area contributed by atoms with Gasteiger partial charge in [-0.05, 0) is 58.8 Å². The molecule has 0 saturated carbocycles. The maximum atomic E-state index is 3.42. The zero-order valence-corrected chi connectivity index (χ0v) is 12.0. The molecule has 1 aromatic heterocycles. The van der Waals surface area contributed by atoms with E-state index in [9.17, 15) is 0 Å². The highest BCUT2D eigenvalue weighted by Crippen LogP contribution is 2.20. The lowest BCUT2D eigenvalue weighted by atomic mass is 10.0. The molecule has 2 heterocycles. The summed E-state index contributed by atoms with van der Waals surface area (Å²) in [4.78, 5) is 5.60. The van der Waals surface area contributed by atoms with Crippen LogP contribution in [0.15, 0.2) is 12.1 Å². The SMILES string of the molecule is CNC1CCCN(C(C)Cc2ccc(C)s2)C1. The van der Waals surface area contributed by atoms with E-state index in [4.69, 9.17) is 0 Å². The molecule has 2 rings (SSSR count). The molecule has 0 amide bonds. The van der Waals surface area contributed by atoms with Crippen molar-refractivity contribution in [2.75, 3.05) is 20.1 Å². The van der Waals surface area contributed by atoms with Gasteiger partial charge >= 0.3 is 0 Å². The second-order valence-electron chi connectivity index (χ2n) is 5.19. The monoisotopic (exact) mass is 252 g/mol. The highest BCUT2D eigenvalue weighted by molar-refractivity contribution is 7.11. The van der Waals surface area contributed by atoms with Crippen molar-refractivity contribution in [3.05, 3.63) is 21.9 Å². The Morgan fingerprint density at radius 3 is 3.00 bits per heavy atom. The molecular formula is C14H24N2S. The first-order chi connectivity index (χ1) is 8.19. The van der Waals surface area contributed by atoms with Gasteiger partial charge in [0, 0.05) is 28.4 Å². The normalized spacial score (nSPS) is 23.8. The van der Waals surface area contributed by atoms with Crippen LogP contribution in [0.2, 0.25) is 0 Å². The van der Waals surface area contributed by atoms with E-state index in [0.717, 1.165) is 0 Å². The fourth-order valence-electron chi connectivity index (χ4n) is 2.66. The number of hydrogen-bond acceptors (Lipinski definition) is 3. The number of hydrogen-bond donors (Lipinski definition) is 1. The number of thiophene rings is 1. The summed E-state index contributed by atoms with van der Waals surface area (Å²) in [6.45, 7) is 7.04. The molecule has 2 unspecified atom stereocenters. The molecular weight excluding hydrogens is 228 g/mol. The Morgan fingerprint density at radius 2 is 2.35 bits per heavy atom. The molecule has 1 fully saturated rings. The molecule has 0 radical (unpaired) electrons. The average molecular weight is 252 g/mol. The predicted molar refractivity (Wildman–Crippen MR) is 75.9 cm³/mol. The lowest BCUT2D eigenvalue weighted by Gasteiger charge is -2.36. The van der Waals surface area contributed by atoms with E-state index < -0.39 is 0 Å². The number of aryl methyl sites for hydroxylation is 1. The number of likely N-dealkylation sites (N-methyl/N-ethyl adjacent to an activating group) is 1. The van der Waals surface area contributed by atoms with E-state index in [0.29, 0.717) is 12.1 Å². The van der Waals surface area contributed by atoms with Crippen molar-refractivity contribution in [1.29, 1.82) is 0 Å². The van der Waals surface area contributed by atoms with Crippen LogP contribution in [0.4, 0.5) is 0 Å². The Kier molecular flexibility index (Phi) is 4.60. The third-order valence-corrected chi connectivity index (χ3v) is 4.80. The minimum atomic E-state index is 0.671. The molecule has 2 atom stereocenters. The summed E-state index contributed by atoms with van der Waals surface area (Å²) in [5, 5.41) is 3.42. The summed E-state index contributed by atoms with van der Waals surface area (Å²) in [5.41, 5.74) is 0. The van der Waals surface area contributed by atoms with Crippen molar-refractivity contribution >= 4 is 11.3 Å². The van der Waals surface area contributed by atoms with Gasteiger partial charge in [0.1, 0.15) is 0 Å². The molecule has 17 heavy (non-hydrogen) atoms. The van der Waals surface area contributed by atoms with E-state index in [1.54, 1.807) is 0 Å². The van der Waals surface area contributed by atoms with Crippen LogP contribution in [0.5, 0.6) is 0 Å². The zero-order valence-electron chi connectivity index (χ0n) is 11.2. The van der Waals surface area contributed by atoms with Gasteiger partial charge in [-0.2, -0.15) is 0 Å². The summed E-state index contributed by atoms with van der Waals surface area (Å²) in [7, 11) is 2.08. The number of nitrogens with zero attached hydrogens (tertiary/aromatic N) is 1. The van der Waals surface area contributed by atoms with Crippen molar-refractivity contribution in [1.82, 2.24) is 10.2 Å². The van der Waals surface area contributed by atoms with Crippen LogP contribution >= 0.6 is 11.3 Å². The lowest BCUT2D eigenvalue weighted by molar-refractivity contribution is 0.148. The summed E-state index contributed by atoms with van der Waals surface area (Å²) in [6.07, 6.45) is 3.87. The zero-order chi connectivity index (χ0) is 12.3. The minimum Gasteiger partial charge on any atom is -0.316 e. The highest BCUT2D eigenvalue weighted by atomic mass is 32.1. The van der Waals surface area contributed by atoms with Crippen molar-refractivity contribution in [3.8, 4) is 0 Å². The van der Waals surface area contributed by atoms with E-state index in [1.165, 1.54) is 42.1 Å². The maximum absolute atomic E-state index is 3.42. The number of likely N-dealkylation sites (tertiary alicyclic amines) is 1. The molecule has 1 aliphatic rings. The van der Waals surface area contributed by atoms with Crippen molar-refractivity contribution in [2.45, 2.75) is 45.2 Å². The molecule has 2 nitrogen and oxygen atoms in total. The van der Waals surface area contributed by atoms with Gasteiger partial charge in [-0.15, -0.1) is 11.3 Å². The first-order valence-corrected chi connectivity index (χ1v) is 7.47. The van der Waals surface area contributed by atoms with Gasteiger partial charge in [0.15, 0.2) is 0 Å². The highest BCUT2D eigenvalue weighted by Gasteiger charge is 2.22. The number of rotatable bonds is 4. The lowest BCUT2D eigenvalue weighted by Crippen LogP contribution is -2.48. The molecule has 0 spiro atoms. The van der Waals surface area contributed by atoms with Crippen molar-refractivity contribution < 1.29 is 0 Å². The van der Waals surface area contributed by atoms with E-state index >= 15 is 0 Å². The summed E-state index contributed by atoms with van der Waals surface area (Å²) in [6, 6.07) is 5.88. The van der Waals surface area contributed by atoms with Gasteiger partial charge in [0.25, 0.3) is 0 Å². The maximum Gasteiger partial charge on any atom is 0.0192 e. The summed E-state index contributed by atoms with van der Waals surface area (Å²) in [5.74, 6) is 0. The average Bonchev–Trinajstić information content (AvgIpc) is 2.75. The van der Waals surface area contributed by atoms with Crippen LogP contribution < -0.4 is 5.32 Å². The van der Waals surface area contributed by atoms with Crippen LogP contribution in [0.25, 0.3) is 0 Å². The second kappa shape index (κ2) is 5.98. The van der Waals surface area contributed by atoms with E-state index in [1.807, 2.05) is 11.3 Å². The third-order valence-electron chi connectivity index (χ3n) is 3.78. The Bertz CT molecular complexity index is 348. The van der Waals surface area contributed by atoms with Gasteiger partial charge in [-0.25, -0.2) is 0 Å².